The van der Waals surface area contributed by atoms with Crippen LogP contribution in [0.15, 0.2) is 64.9 Å². The number of anilines is 2. The molecule has 0 spiro atoms. The normalized spacial score (nSPS) is 11.2. The maximum Gasteiger partial charge on any atom is 0.265 e. The van der Waals surface area contributed by atoms with Crippen LogP contribution in [-0.4, -0.2) is 14.3 Å². The Bertz CT molecular complexity index is 1040. The fourth-order valence-electron chi connectivity index (χ4n) is 2.34. The molecule has 26 heavy (non-hydrogen) atoms. The Morgan fingerprint density at radius 1 is 1.00 bits per heavy atom. The predicted octanol–water partition coefficient (Wildman–Crippen LogP) is 4.42. The summed E-state index contributed by atoms with van der Waals surface area (Å²) in [4.78, 5) is 12.7. The molecule has 2 N–H and O–H groups in total. The van der Waals surface area contributed by atoms with Crippen LogP contribution in [0, 0.1) is 13.8 Å². The van der Waals surface area contributed by atoms with Crippen molar-refractivity contribution in [1.29, 1.82) is 0 Å². The third-order valence-corrected chi connectivity index (χ3v) is 6.20. The van der Waals surface area contributed by atoms with E-state index in [-0.39, 0.29) is 10.8 Å². The summed E-state index contributed by atoms with van der Waals surface area (Å²) in [7, 11) is -3.76. The summed E-state index contributed by atoms with van der Waals surface area (Å²) < 4.78 is 27.8. The zero-order chi connectivity index (χ0) is 18.7. The predicted molar refractivity (Wildman–Crippen MR) is 105 cm³/mol. The number of hydrogen-bond acceptors (Lipinski definition) is 4. The van der Waals surface area contributed by atoms with Gasteiger partial charge in [-0.2, -0.15) is 0 Å². The van der Waals surface area contributed by atoms with Crippen molar-refractivity contribution in [3.05, 3.63) is 76.0 Å². The summed E-state index contributed by atoms with van der Waals surface area (Å²) in [6.07, 6.45) is 0. The van der Waals surface area contributed by atoms with Gasteiger partial charge in [-0.1, -0.05) is 30.3 Å². The van der Waals surface area contributed by atoms with Crippen molar-refractivity contribution >= 4 is 38.6 Å². The topological polar surface area (TPSA) is 75.3 Å². The van der Waals surface area contributed by atoms with E-state index in [0.29, 0.717) is 16.3 Å². The minimum atomic E-state index is -3.76. The number of rotatable bonds is 5. The first kappa shape index (κ1) is 18.2. The molecule has 0 radical (unpaired) electrons. The Labute approximate surface area is 156 Å². The van der Waals surface area contributed by atoms with Gasteiger partial charge in [-0.25, -0.2) is 8.42 Å². The van der Waals surface area contributed by atoms with Gasteiger partial charge in [0.05, 0.1) is 15.5 Å². The summed E-state index contributed by atoms with van der Waals surface area (Å²) in [6, 6.07) is 16.0. The van der Waals surface area contributed by atoms with Crippen molar-refractivity contribution in [2.75, 3.05) is 10.0 Å². The monoisotopic (exact) mass is 386 g/mol. The quantitative estimate of drug-likeness (QED) is 0.682. The average molecular weight is 386 g/mol. The van der Waals surface area contributed by atoms with Gasteiger partial charge in [-0.15, -0.1) is 11.3 Å². The number of carbonyl (C=O) groups excluding carboxylic acids is 1. The molecule has 0 saturated heterocycles. The molecule has 5 nitrogen and oxygen atoms in total. The number of para-hydroxylation sites is 1. The van der Waals surface area contributed by atoms with E-state index < -0.39 is 10.0 Å². The number of aryl methyl sites for hydroxylation is 2. The second-order valence-corrected chi connectivity index (χ2v) is 8.48. The van der Waals surface area contributed by atoms with E-state index in [1.54, 1.807) is 18.2 Å². The van der Waals surface area contributed by atoms with Gasteiger partial charge >= 0.3 is 0 Å². The van der Waals surface area contributed by atoms with Gasteiger partial charge < -0.3 is 5.32 Å². The van der Waals surface area contributed by atoms with E-state index in [0.717, 1.165) is 22.5 Å². The maximum absolute atomic E-state index is 12.6. The summed E-state index contributed by atoms with van der Waals surface area (Å²) in [6.45, 7) is 3.73. The lowest BCUT2D eigenvalue weighted by molar-refractivity contribution is 0.103. The lowest BCUT2D eigenvalue weighted by atomic mass is 10.1. The van der Waals surface area contributed by atoms with Gasteiger partial charge in [0, 0.05) is 11.1 Å². The Hall–Kier alpha value is -2.64. The van der Waals surface area contributed by atoms with Crippen LogP contribution < -0.4 is 10.0 Å². The molecule has 1 heterocycles. The SMILES string of the molecule is Cc1ccc(C)c(NS(=O)(=O)c2csc(C(=O)Nc3ccccc3)c2)c1. The second-order valence-electron chi connectivity index (χ2n) is 5.89. The zero-order valence-corrected chi connectivity index (χ0v) is 15.9. The van der Waals surface area contributed by atoms with Crippen LogP contribution in [0.3, 0.4) is 0 Å². The van der Waals surface area contributed by atoms with Crippen LogP contribution >= 0.6 is 11.3 Å². The average Bonchev–Trinajstić information content (AvgIpc) is 3.10. The van der Waals surface area contributed by atoms with E-state index in [2.05, 4.69) is 10.0 Å². The van der Waals surface area contributed by atoms with Gasteiger partial charge in [-0.05, 0) is 49.2 Å². The minimum Gasteiger partial charge on any atom is -0.321 e. The van der Waals surface area contributed by atoms with Crippen molar-refractivity contribution in [1.82, 2.24) is 0 Å². The molecule has 0 aliphatic heterocycles. The van der Waals surface area contributed by atoms with Crippen molar-refractivity contribution in [2.45, 2.75) is 18.7 Å². The fourth-order valence-corrected chi connectivity index (χ4v) is 4.63. The lowest BCUT2D eigenvalue weighted by Crippen LogP contribution is -2.14. The van der Waals surface area contributed by atoms with Gasteiger partial charge in [0.2, 0.25) is 0 Å². The van der Waals surface area contributed by atoms with Gasteiger partial charge in [0.1, 0.15) is 0 Å². The third kappa shape index (κ3) is 4.12. The van der Waals surface area contributed by atoms with E-state index in [1.165, 1.54) is 11.4 Å². The molecule has 134 valence electrons. The molecule has 7 heteroatoms. The third-order valence-electron chi connectivity index (χ3n) is 3.78. The number of amides is 1. The standard InChI is InChI=1S/C19H18N2O3S2/c1-13-8-9-14(2)17(10-13)21-26(23,24)16-11-18(25-12-16)19(22)20-15-6-4-3-5-7-15/h3-12,21H,1-2H3,(H,20,22). The molecule has 0 aliphatic rings. The number of carbonyl (C=O) groups is 1. The number of benzene rings is 2. The van der Waals surface area contributed by atoms with E-state index >= 15 is 0 Å². The molecule has 0 bridgehead atoms. The Morgan fingerprint density at radius 3 is 2.46 bits per heavy atom. The smallest absolute Gasteiger partial charge is 0.265 e. The summed E-state index contributed by atoms with van der Waals surface area (Å²) in [5.41, 5.74) is 2.98. The molecule has 0 saturated carbocycles. The van der Waals surface area contributed by atoms with Crippen LogP contribution in [-0.2, 0) is 10.0 Å². The lowest BCUT2D eigenvalue weighted by Gasteiger charge is -2.10. The Kier molecular flexibility index (Phi) is 5.11. The first-order chi connectivity index (χ1) is 12.3. The van der Waals surface area contributed by atoms with Crippen LogP contribution in [0.25, 0.3) is 0 Å². The Morgan fingerprint density at radius 2 is 1.73 bits per heavy atom. The van der Waals surface area contributed by atoms with E-state index in [1.807, 2.05) is 44.2 Å². The highest BCUT2D eigenvalue weighted by atomic mass is 32.2. The van der Waals surface area contributed by atoms with Crippen LogP contribution in [0.5, 0.6) is 0 Å². The largest absolute Gasteiger partial charge is 0.321 e. The molecule has 1 amide bonds. The molecule has 0 unspecified atom stereocenters. The molecule has 0 atom stereocenters. The Balaban J connectivity index is 1.79. The molecule has 0 aliphatic carbocycles. The molecule has 0 fully saturated rings. The van der Waals surface area contributed by atoms with Crippen molar-refractivity contribution in [2.24, 2.45) is 0 Å². The van der Waals surface area contributed by atoms with Crippen molar-refractivity contribution in [3.63, 3.8) is 0 Å². The maximum atomic E-state index is 12.6. The van der Waals surface area contributed by atoms with Crippen LogP contribution in [0.2, 0.25) is 0 Å². The molecule has 3 rings (SSSR count). The first-order valence-corrected chi connectivity index (χ1v) is 10.3. The zero-order valence-electron chi connectivity index (χ0n) is 14.3. The second kappa shape index (κ2) is 7.31. The number of hydrogen-bond donors (Lipinski definition) is 2. The van der Waals surface area contributed by atoms with Gasteiger partial charge in [0.15, 0.2) is 0 Å². The van der Waals surface area contributed by atoms with Crippen molar-refractivity contribution < 1.29 is 13.2 Å². The number of nitrogens with one attached hydrogen (secondary N) is 2. The molecule has 2 aromatic carbocycles. The van der Waals surface area contributed by atoms with Gasteiger partial charge in [-0.3, -0.25) is 9.52 Å². The highest BCUT2D eigenvalue weighted by molar-refractivity contribution is 7.92. The van der Waals surface area contributed by atoms with Crippen LogP contribution in [0.4, 0.5) is 11.4 Å². The number of thiophene rings is 1. The van der Waals surface area contributed by atoms with E-state index in [4.69, 9.17) is 0 Å². The molecular formula is C19H18N2O3S2. The molecule has 3 aromatic rings. The summed E-state index contributed by atoms with van der Waals surface area (Å²) in [5.74, 6) is -0.339. The summed E-state index contributed by atoms with van der Waals surface area (Å²) in [5, 5.41) is 4.21. The molecular weight excluding hydrogens is 368 g/mol. The summed E-state index contributed by atoms with van der Waals surface area (Å²) >= 11 is 1.09. The van der Waals surface area contributed by atoms with Crippen molar-refractivity contribution in [3.8, 4) is 0 Å². The highest BCUT2D eigenvalue weighted by Gasteiger charge is 2.20. The first-order valence-electron chi connectivity index (χ1n) is 7.90. The van der Waals surface area contributed by atoms with Gasteiger partial charge in [0.25, 0.3) is 15.9 Å². The molecule has 1 aromatic heterocycles. The van der Waals surface area contributed by atoms with Crippen LogP contribution in [0.1, 0.15) is 20.8 Å². The minimum absolute atomic E-state index is 0.0709. The highest BCUT2D eigenvalue weighted by Crippen LogP contribution is 2.25. The fraction of sp³-hybridized carbons (Fsp3) is 0.105. The number of sulfonamides is 1. The van der Waals surface area contributed by atoms with E-state index in [9.17, 15) is 13.2 Å².